The van der Waals surface area contributed by atoms with Crippen molar-refractivity contribution in [3.8, 4) is 0 Å². The summed E-state index contributed by atoms with van der Waals surface area (Å²) in [5, 5.41) is 9.90. The number of pyridine rings is 1. The van der Waals surface area contributed by atoms with E-state index >= 15 is 0 Å². The molecule has 3 heteroatoms. The maximum Gasteiger partial charge on any atom is 0.0707 e. The third kappa shape index (κ3) is 1.46. The molecule has 1 aromatic heterocycles. The SMILES string of the molecule is Nc1cnc2cc(CO)ccc2c1. The lowest BCUT2D eigenvalue weighted by Crippen LogP contribution is -1.88. The highest BCUT2D eigenvalue weighted by molar-refractivity contribution is 5.81. The van der Waals surface area contributed by atoms with Crippen LogP contribution in [0.5, 0.6) is 0 Å². The topological polar surface area (TPSA) is 59.1 Å². The highest BCUT2D eigenvalue weighted by Crippen LogP contribution is 2.16. The number of aliphatic hydroxyl groups excluding tert-OH is 1. The average Bonchev–Trinajstić information content (AvgIpc) is 2.17. The summed E-state index contributed by atoms with van der Waals surface area (Å²) < 4.78 is 0. The molecule has 0 spiro atoms. The van der Waals surface area contributed by atoms with Crippen molar-refractivity contribution in [3.63, 3.8) is 0 Å². The zero-order valence-electron chi connectivity index (χ0n) is 7.07. The van der Waals surface area contributed by atoms with Crippen LogP contribution in [0.1, 0.15) is 5.56 Å². The van der Waals surface area contributed by atoms with Gasteiger partial charge in [0, 0.05) is 5.39 Å². The fourth-order valence-corrected chi connectivity index (χ4v) is 1.28. The molecule has 0 saturated carbocycles. The molecule has 2 aromatic rings. The van der Waals surface area contributed by atoms with Crippen molar-refractivity contribution >= 4 is 16.6 Å². The van der Waals surface area contributed by atoms with E-state index in [1.165, 1.54) is 0 Å². The zero-order valence-corrected chi connectivity index (χ0v) is 7.07. The van der Waals surface area contributed by atoms with Crippen molar-refractivity contribution in [2.45, 2.75) is 6.61 Å². The number of hydrogen-bond acceptors (Lipinski definition) is 3. The van der Waals surface area contributed by atoms with E-state index in [1.807, 2.05) is 24.3 Å². The number of rotatable bonds is 1. The number of aromatic nitrogens is 1. The summed E-state index contributed by atoms with van der Waals surface area (Å²) in [6.07, 6.45) is 1.61. The molecular weight excluding hydrogens is 164 g/mol. The predicted octanol–water partition coefficient (Wildman–Crippen LogP) is 1.31. The Morgan fingerprint density at radius 3 is 2.92 bits per heavy atom. The lowest BCUT2D eigenvalue weighted by Gasteiger charge is -2.00. The molecule has 3 N–H and O–H groups in total. The lowest BCUT2D eigenvalue weighted by molar-refractivity contribution is 0.282. The van der Waals surface area contributed by atoms with Gasteiger partial charge in [0.1, 0.15) is 0 Å². The molecule has 1 aromatic carbocycles. The normalized spacial score (nSPS) is 10.5. The van der Waals surface area contributed by atoms with Crippen LogP contribution in [0.15, 0.2) is 30.5 Å². The molecular formula is C10H10N2O. The highest BCUT2D eigenvalue weighted by atomic mass is 16.3. The van der Waals surface area contributed by atoms with E-state index in [9.17, 15) is 0 Å². The van der Waals surface area contributed by atoms with Crippen LogP contribution in [0.25, 0.3) is 10.9 Å². The molecule has 0 bridgehead atoms. The molecule has 0 radical (unpaired) electrons. The Balaban J connectivity index is 2.66. The molecule has 0 amide bonds. The smallest absolute Gasteiger partial charge is 0.0707 e. The molecule has 0 atom stereocenters. The standard InChI is InChI=1S/C10H10N2O/c11-9-4-8-2-1-7(6-13)3-10(8)12-5-9/h1-5,13H,6,11H2. The monoisotopic (exact) mass is 174 g/mol. The highest BCUT2D eigenvalue weighted by Gasteiger charge is 1.96. The van der Waals surface area contributed by atoms with E-state index in [-0.39, 0.29) is 6.61 Å². The fraction of sp³-hybridized carbons (Fsp3) is 0.100. The molecule has 66 valence electrons. The average molecular weight is 174 g/mol. The molecule has 0 aliphatic heterocycles. The molecule has 13 heavy (non-hydrogen) atoms. The Labute approximate surface area is 75.8 Å². The van der Waals surface area contributed by atoms with Gasteiger partial charge in [-0.3, -0.25) is 4.98 Å². The van der Waals surface area contributed by atoms with Crippen LogP contribution >= 0.6 is 0 Å². The summed E-state index contributed by atoms with van der Waals surface area (Å²) in [5.41, 5.74) is 7.97. The van der Waals surface area contributed by atoms with Crippen LogP contribution in [0.2, 0.25) is 0 Å². The fourth-order valence-electron chi connectivity index (χ4n) is 1.28. The van der Waals surface area contributed by atoms with E-state index in [1.54, 1.807) is 6.20 Å². The van der Waals surface area contributed by atoms with Gasteiger partial charge in [-0.1, -0.05) is 12.1 Å². The summed E-state index contributed by atoms with van der Waals surface area (Å²) in [5.74, 6) is 0. The van der Waals surface area contributed by atoms with Gasteiger partial charge >= 0.3 is 0 Å². The quantitative estimate of drug-likeness (QED) is 0.685. The van der Waals surface area contributed by atoms with Crippen LogP contribution in [0.4, 0.5) is 5.69 Å². The summed E-state index contributed by atoms with van der Waals surface area (Å²) >= 11 is 0. The molecule has 2 rings (SSSR count). The number of fused-ring (bicyclic) bond motifs is 1. The minimum atomic E-state index is 0.0436. The number of nitrogens with two attached hydrogens (primary N) is 1. The molecule has 0 unspecified atom stereocenters. The molecule has 0 aliphatic carbocycles. The van der Waals surface area contributed by atoms with Crippen LogP contribution < -0.4 is 5.73 Å². The van der Waals surface area contributed by atoms with E-state index in [0.717, 1.165) is 16.5 Å². The first-order chi connectivity index (χ1) is 6.29. The van der Waals surface area contributed by atoms with E-state index in [4.69, 9.17) is 10.8 Å². The van der Waals surface area contributed by atoms with Crippen molar-refractivity contribution < 1.29 is 5.11 Å². The van der Waals surface area contributed by atoms with Crippen LogP contribution in [-0.4, -0.2) is 10.1 Å². The zero-order chi connectivity index (χ0) is 9.26. The van der Waals surface area contributed by atoms with Gasteiger partial charge in [-0.05, 0) is 17.7 Å². The third-order valence-electron chi connectivity index (χ3n) is 1.95. The minimum absolute atomic E-state index is 0.0436. The molecule has 1 heterocycles. The molecule has 3 nitrogen and oxygen atoms in total. The van der Waals surface area contributed by atoms with E-state index in [0.29, 0.717) is 5.69 Å². The van der Waals surface area contributed by atoms with Gasteiger partial charge in [0.15, 0.2) is 0 Å². The second kappa shape index (κ2) is 3.03. The number of nitrogens with zero attached hydrogens (tertiary/aromatic N) is 1. The second-order valence-electron chi connectivity index (χ2n) is 2.95. The maximum atomic E-state index is 8.90. The maximum absolute atomic E-state index is 8.90. The van der Waals surface area contributed by atoms with Crippen molar-refractivity contribution in [3.05, 3.63) is 36.0 Å². The van der Waals surface area contributed by atoms with Crippen LogP contribution in [-0.2, 0) is 6.61 Å². The van der Waals surface area contributed by atoms with Gasteiger partial charge in [-0.25, -0.2) is 0 Å². The summed E-state index contributed by atoms with van der Waals surface area (Å²) in [7, 11) is 0. The Morgan fingerprint density at radius 2 is 2.15 bits per heavy atom. The van der Waals surface area contributed by atoms with Gasteiger partial charge in [0.2, 0.25) is 0 Å². The Hall–Kier alpha value is -1.61. The van der Waals surface area contributed by atoms with Crippen LogP contribution in [0, 0.1) is 0 Å². The Bertz CT molecular complexity index is 440. The third-order valence-corrected chi connectivity index (χ3v) is 1.95. The molecule has 0 saturated heterocycles. The van der Waals surface area contributed by atoms with Crippen molar-refractivity contribution in [2.75, 3.05) is 5.73 Å². The van der Waals surface area contributed by atoms with Crippen molar-refractivity contribution in [1.82, 2.24) is 4.98 Å². The number of aliphatic hydroxyl groups is 1. The summed E-state index contributed by atoms with van der Waals surface area (Å²) in [4.78, 5) is 4.15. The number of anilines is 1. The predicted molar refractivity (Wildman–Crippen MR) is 52.1 cm³/mol. The van der Waals surface area contributed by atoms with Crippen LogP contribution in [0.3, 0.4) is 0 Å². The van der Waals surface area contributed by atoms with E-state index in [2.05, 4.69) is 4.98 Å². The summed E-state index contributed by atoms with van der Waals surface area (Å²) in [6, 6.07) is 7.49. The Morgan fingerprint density at radius 1 is 1.31 bits per heavy atom. The largest absolute Gasteiger partial charge is 0.397 e. The van der Waals surface area contributed by atoms with Gasteiger partial charge in [-0.15, -0.1) is 0 Å². The van der Waals surface area contributed by atoms with Gasteiger partial charge in [-0.2, -0.15) is 0 Å². The van der Waals surface area contributed by atoms with Crippen molar-refractivity contribution in [1.29, 1.82) is 0 Å². The number of hydrogen-bond donors (Lipinski definition) is 2. The Kier molecular flexibility index (Phi) is 1.87. The molecule has 0 fully saturated rings. The first kappa shape index (κ1) is 8.01. The van der Waals surface area contributed by atoms with Gasteiger partial charge in [0.05, 0.1) is 24.0 Å². The van der Waals surface area contributed by atoms with Gasteiger partial charge in [0.25, 0.3) is 0 Å². The van der Waals surface area contributed by atoms with E-state index < -0.39 is 0 Å². The molecule has 0 aliphatic rings. The van der Waals surface area contributed by atoms with Crippen molar-refractivity contribution in [2.24, 2.45) is 0 Å². The minimum Gasteiger partial charge on any atom is -0.397 e. The number of nitrogen functional groups attached to an aromatic ring is 1. The summed E-state index contributed by atoms with van der Waals surface area (Å²) in [6.45, 7) is 0.0436. The lowest BCUT2D eigenvalue weighted by atomic mass is 10.1. The second-order valence-corrected chi connectivity index (χ2v) is 2.95. The first-order valence-electron chi connectivity index (χ1n) is 4.04. The number of benzene rings is 1. The van der Waals surface area contributed by atoms with Gasteiger partial charge < -0.3 is 10.8 Å². The first-order valence-corrected chi connectivity index (χ1v) is 4.04.